The van der Waals surface area contributed by atoms with Gasteiger partial charge < -0.3 is 14.2 Å². The van der Waals surface area contributed by atoms with Crippen molar-refractivity contribution in [3.63, 3.8) is 0 Å². The van der Waals surface area contributed by atoms with Crippen LogP contribution in [0.25, 0.3) is 0 Å². The first-order valence-electron chi connectivity index (χ1n) is 10.5. The van der Waals surface area contributed by atoms with Gasteiger partial charge in [-0.15, -0.1) is 0 Å². The maximum Gasteiger partial charge on any atom is 0.337 e. The number of rotatable bonds is 10. The van der Waals surface area contributed by atoms with E-state index >= 15 is 0 Å². The Kier molecular flexibility index (Phi) is 8.68. The first kappa shape index (κ1) is 22.3. The molecule has 6 nitrogen and oxygen atoms in total. The normalized spacial score (nSPS) is 15.7. The summed E-state index contributed by atoms with van der Waals surface area (Å²) in [5.41, 5.74) is 1.82. The number of hydrogen-bond acceptors (Lipinski definition) is 6. The largest absolute Gasteiger partial charge is 0.492 e. The van der Waals surface area contributed by atoms with E-state index in [4.69, 9.17) is 14.2 Å². The van der Waals surface area contributed by atoms with Gasteiger partial charge in [-0.05, 0) is 36.8 Å². The monoisotopic (exact) mass is 412 g/mol. The predicted octanol–water partition coefficient (Wildman–Crippen LogP) is 3.07. The summed E-state index contributed by atoms with van der Waals surface area (Å²) in [6, 6.07) is 18.0. The van der Waals surface area contributed by atoms with Gasteiger partial charge in [0.15, 0.2) is 0 Å². The zero-order chi connectivity index (χ0) is 21.2. The molecule has 162 valence electrons. The highest BCUT2D eigenvalue weighted by molar-refractivity contribution is 5.89. The van der Waals surface area contributed by atoms with Crippen LogP contribution in [0.5, 0.6) is 5.75 Å². The molecule has 1 aliphatic heterocycles. The summed E-state index contributed by atoms with van der Waals surface area (Å²) in [6.07, 6.45) is 0. The molecule has 1 unspecified atom stereocenters. The molecule has 6 heteroatoms. The van der Waals surface area contributed by atoms with Gasteiger partial charge in [-0.3, -0.25) is 9.80 Å². The van der Waals surface area contributed by atoms with Gasteiger partial charge in [0.25, 0.3) is 0 Å². The van der Waals surface area contributed by atoms with Crippen LogP contribution in [0.15, 0.2) is 54.6 Å². The van der Waals surface area contributed by atoms with Crippen molar-refractivity contribution in [3.05, 3.63) is 65.7 Å². The number of morpholine rings is 1. The number of benzene rings is 2. The number of carbonyl (C=O) groups is 1. The van der Waals surface area contributed by atoms with Crippen molar-refractivity contribution in [3.8, 4) is 5.75 Å². The number of esters is 1. The fraction of sp³-hybridized carbons (Fsp3) is 0.458. The van der Waals surface area contributed by atoms with Gasteiger partial charge in [0.05, 0.1) is 25.9 Å². The maximum absolute atomic E-state index is 11.6. The van der Waals surface area contributed by atoms with Gasteiger partial charge in [-0.1, -0.05) is 30.3 Å². The quantitative estimate of drug-likeness (QED) is 0.559. The highest BCUT2D eigenvalue weighted by Gasteiger charge is 2.19. The molecule has 1 saturated heterocycles. The van der Waals surface area contributed by atoms with Crippen molar-refractivity contribution in [1.82, 2.24) is 9.80 Å². The van der Waals surface area contributed by atoms with Crippen LogP contribution < -0.4 is 4.74 Å². The van der Waals surface area contributed by atoms with Gasteiger partial charge in [0.2, 0.25) is 0 Å². The Morgan fingerprint density at radius 3 is 2.47 bits per heavy atom. The maximum atomic E-state index is 11.6. The van der Waals surface area contributed by atoms with E-state index in [0.29, 0.717) is 18.2 Å². The highest BCUT2D eigenvalue weighted by Crippen LogP contribution is 2.14. The molecule has 1 aliphatic rings. The molecule has 0 aromatic heterocycles. The van der Waals surface area contributed by atoms with Gasteiger partial charge in [-0.2, -0.15) is 0 Å². The van der Waals surface area contributed by atoms with Gasteiger partial charge >= 0.3 is 5.97 Å². The summed E-state index contributed by atoms with van der Waals surface area (Å²) in [5, 5.41) is 0. The topological polar surface area (TPSA) is 51.2 Å². The first-order chi connectivity index (χ1) is 14.7. The zero-order valence-corrected chi connectivity index (χ0v) is 18.0. The number of hydrogen-bond donors (Lipinski definition) is 0. The molecule has 1 heterocycles. The molecule has 1 atom stereocenters. The Labute approximate surface area is 179 Å². The molecule has 0 aliphatic carbocycles. The summed E-state index contributed by atoms with van der Waals surface area (Å²) in [6.45, 7) is 9.20. The molecule has 30 heavy (non-hydrogen) atoms. The fourth-order valence-electron chi connectivity index (χ4n) is 3.63. The standard InChI is InChI=1S/C24H32N2O4/c1-20(18-25-12-15-29-16-13-25)26(19-21-6-4-3-5-7-21)14-17-30-23-10-8-22(9-11-23)24(27)28-2/h3-11,20H,12-19H2,1-2H3. The molecule has 1 fully saturated rings. The van der Waals surface area contributed by atoms with Crippen LogP contribution >= 0.6 is 0 Å². The minimum Gasteiger partial charge on any atom is -0.492 e. The molecule has 0 radical (unpaired) electrons. The Balaban J connectivity index is 1.56. The van der Waals surface area contributed by atoms with Crippen molar-refractivity contribution in [1.29, 1.82) is 0 Å². The third kappa shape index (κ3) is 6.83. The minimum absolute atomic E-state index is 0.340. The SMILES string of the molecule is COC(=O)c1ccc(OCCN(Cc2ccccc2)C(C)CN2CCOCC2)cc1. The lowest BCUT2D eigenvalue weighted by atomic mass is 10.1. The molecule has 0 spiro atoms. The van der Waals surface area contributed by atoms with Crippen molar-refractivity contribution < 1.29 is 19.0 Å². The van der Waals surface area contributed by atoms with Crippen LogP contribution in [0, 0.1) is 0 Å². The highest BCUT2D eigenvalue weighted by atomic mass is 16.5. The van der Waals surface area contributed by atoms with E-state index in [0.717, 1.165) is 51.7 Å². The summed E-state index contributed by atoms with van der Waals surface area (Å²) >= 11 is 0. The minimum atomic E-state index is -0.340. The molecular formula is C24H32N2O4. The molecule has 0 bridgehead atoms. The Bertz CT molecular complexity index is 761. The number of carbonyl (C=O) groups excluding carboxylic acids is 1. The molecule has 2 aromatic rings. The molecule has 0 saturated carbocycles. The smallest absolute Gasteiger partial charge is 0.337 e. The second-order valence-corrected chi connectivity index (χ2v) is 7.58. The second-order valence-electron chi connectivity index (χ2n) is 7.58. The Hall–Kier alpha value is -2.41. The summed E-state index contributed by atoms with van der Waals surface area (Å²) in [5.74, 6) is 0.413. The van der Waals surface area contributed by atoms with Crippen LogP contribution in [-0.4, -0.2) is 74.9 Å². The van der Waals surface area contributed by atoms with Crippen LogP contribution in [0.1, 0.15) is 22.8 Å². The molecule has 2 aromatic carbocycles. The summed E-state index contributed by atoms with van der Waals surface area (Å²) < 4.78 is 16.2. The fourth-order valence-corrected chi connectivity index (χ4v) is 3.63. The second kappa shape index (κ2) is 11.7. The average molecular weight is 413 g/mol. The van der Waals surface area contributed by atoms with Crippen molar-refractivity contribution in [2.45, 2.75) is 19.5 Å². The number of ether oxygens (including phenoxy) is 3. The van der Waals surface area contributed by atoms with Crippen molar-refractivity contribution >= 4 is 5.97 Å². The van der Waals surface area contributed by atoms with Crippen LogP contribution in [0.3, 0.4) is 0 Å². The lowest BCUT2D eigenvalue weighted by molar-refractivity contribution is 0.0221. The third-order valence-electron chi connectivity index (χ3n) is 5.40. The van der Waals surface area contributed by atoms with E-state index in [-0.39, 0.29) is 5.97 Å². The van der Waals surface area contributed by atoms with Gasteiger partial charge in [0, 0.05) is 38.8 Å². The molecule has 0 N–H and O–H groups in total. The summed E-state index contributed by atoms with van der Waals surface area (Å²) in [4.78, 5) is 16.5. The Morgan fingerprint density at radius 2 is 1.80 bits per heavy atom. The Morgan fingerprint density at radius 1 is 1.10 bits per heavy atom. The third-order valence-corrected chi connectivity index (χ3v) is 5.40. The van der Waals surface area contributed by atoms with E-state index in [1.54, 1.807) is 12.1 Å². The molecule has 3 rings (SSSR count). The lowest BCUT2D eigenvalue weighted by Crippen LogP contribution is -2.46. The average Bonchev–Trinajstić information content (AvgIpc) is 2.79. The number of nitrogens with zero attached hydrogens (tertiary/aromatic N) is 2. The van der Waals surface area contributed by atoms with E-state index in [2.05, 4.69) is 41.0 Å². The van der Waals surface area contributed by atoms with Crippen molar-refractivity contribution in [2.24, 2.45) is 0 Å². The number of methoxy groups -OCH3 is 1. The van der Waals surface area contributed by atoms with Crippen LogP contribution in [0.2, 0.25) is 0 Å². The molecular weight excluding hydrogens is 380 g/mol. The van der Waals surface area contributed by atoms with E-state index in [9.17, 15) is 4.79 Å². The molecule has 0 amide bonds. The van der Waals surface area contributed by atoms with Crippen LogP contribution in [-0.2, 0) is 16.0 Å². The van der Waals surface area contributed by atoms with E-state index in [1.165, 1.54) is 12.7 Å². The van der Waals surface area contributed by atoms with Gasteiger partial charge in [-0.25, -0.2) is 4.79 Å². The summed E-state index contributed by atoms with van der Waals surface area (Å²) in [7, 11) is 1.38. The van der Waals surface area contributed by atoms with Crippen molar-refractivity contribution in [2.75, 3.05) is 53.1 Å². The van der Waals surface area contributed by atoms with Crippen LogP contribution in [0.4, 0.5) is 0 Å². The zero-order valence-electron chi connectivity index (χ0n) is 18.0. The van der Waals surface area contributed by atoms with Gasteiger partial charge in [0.1, 0.15) is 12.4 Å². The predicted molar refractivity (Wildman–Crippen MR) is 117 cm³/mol. The first-order valence-corrected chi connectivity index (χ1v) is 10.5. The lowest BCUT2D eigenvalue weighted by Gasteiger charge is -2.35. The van der Waals surface area contributed by atoms with E-state index < -0.39 is 0 Å². The van der Waals surface area contributed by atoms with E-state index in [1.807, 2.05) is 18.2 Å².